The van der Waals surface area contributed by atoms with Crippen molar-refractivity contribution in [3.63, 3.8) is 0 Å². The molecule has 0 atom stereocenters. The summed E-state index contributed by atoms with van der Waals surface area (Å²) in [6.07, 6.45) is 2.49. The number of amidine groups is 1. The van der Waals surface area contributed by atoms with Crippen LogP contribution in [-0.4, -0.2) is 22.6 Å². The van der Waals surface area contributed by atoms with Crippen LogP contribution in [0.25, 0.3) is 0 Å². The summed E-state index contributed by atoms with van der Waals surface area (Å²) in [5.74, 6) is 0.489. The van der Waals surface area contributed by atoms with Crippen molar-refractivity contribution in [3.05, 3.63) is 24.0 Å². The van der Waals surface area contributed by atoms with Crippen LogP contribution in [0.1, 0.15) is 32.9 Å². The maximum Gasteiger partial charge on any atom is 0.192 e. The summed E-state index contributed by atoms with van der Waals surface area (Å²) >= 11 is 0. The van der Waals surface area contributed by atoms with E-state index in [-0.39, 0.29) is 11.3 Å². The third kappa shape index (κ3) is 4.30. The second kappa shape index (κ2) is 5.52. The lowest BCUT2D eigenvalue weighted by atomic mass is 9.93. The normalized spacial score (nSPS) is 12.5. The molecule has 0 unspecified atom stereocenters. The summed E-state index contributed by atoms with van der Waals surface area (Å²) in [4.78, 5) is 4.02. The van der Waals surface area contributed by atoms with Gasteiger partial charge < -0.3 is 15.7 Å². The van der Waals surface area contributed by atoms with Crippen molar-refractivity contribution in [2.24, 2.45) is 16.3 Å². The fourth-order valence-electron chi connectivity index (χ4n) is 1.21. The van der Waals surface area contributed by atoms with Crippen molar-refractivity contribution in [2.75, 3.05) is 6.61 Å². The highest BCUT2D eigenvalue weighted by atomic mass is 16.5. The number of pyridine rings is 1. The van der Waals surface area contributed by atoms with Gasteiger partial charge in [0.15, 0.2) is 11.5 Å². The van der Waals surface area contributed by atoms with Crippen molar-refractivity contribution < 1.29 is 9.94 Å². The largest absolute Gasteiger partial charge is 0.491 e. The molecule has 0 spiro atoms. The van der Waals surface area contributed by atoms with Gasteiger partial charge >= 0.3 is 0 Å². The number of rotatable bonds is 4. The molecule has 0 saturated heterocycles. The quantitative estimate of drug-likeness (QED) is 0.363. The average Bonchev–Trinajstić information content (AvgIpc) is 2.27. The van der Waals surface area contributed by atoms with Gasteiger partial charge in [-0.2, -0.15) is 0 Å². The molecular weight excluding hydrogens is 218 g/mol. The molecule has 0 bridgehead atoms. The lowest BCUT2D eigenvalue weighted by Crippen LogP contribution is -2.18. The van der Waals surface area contributed by atoms with E-state index in [0.717, 1.165) is 6.42 Å². The molecule has 1 heterocycles. The van der Waals surface area contributed by atoms with Gasteiger partial charge in [0.2, 0.25) is 0 Å². The predicted molar refractivity (Wildman–Crippen MR) is 66.3 cm³/mol. The Hall–Kier alpha value is -1.78. The SMILES string of the molecule is CC(C)(C)CCOc1cccnc1/C(N)=N/O. The summed E-state index contributed by atoms with van der Waals surface area (Å²) < 4.78 is 5.60. The standard InChI is InChI=1S/C12H19N3O2/c1-12(2,3)6-8-17-9-5-4-7-14-10(9)11(13)15-16/h4-5,7,16H,6,8H2,1-3H3,(H2,13,15). The molecule has 0 aliphatic carbocycles. The Labute approximate surface area is 101 Å². The summed E-state index contributed by atoms with van der Waals surface area (Å²) in [5.41, 5.74) is 6.08. The van der Waals surface area contributed by atoms with E-state index in [1.54, 1.807) is 18.3 Å². The number of hydrogen-bond acceptors (Lipinski definition) is 4. The Morgan fingerprint density at radius 2 is 2.24 bits per heavy atom. The summed E-state index contributed by atoms with van der Waals surface area (Å²) in [5, 5.41) is 11.6. The minimum Gasteiger partial charge on any atom is -0.491 e. The molecule has 0 amide bonds. The maximum absolute atomic E-state index is 8.63. The van der Waals surface area contributed by atoms with Gasteiger partial charge in [-0.1, -0.05) is 25.9 Å². The molecule has 1 aromatic heterocycles. The Morgan fingerprint density at radius 1 is 1.53 bits per heavy atom. The minimum atomic E-state index is -0.0450. The van der Waals surface area contributed by atoms with Crippen LogP contribution in [0.4, 0.5) is 0 Å². The van der Waals surface area contributed by atoms with Gasteiger partial charge in [-0.3, -0.25) is 0 Å². The van der Waals surface area contributed by atoms with Gasteiger partial charge in [0.25, 0.3) is 0 Å². The highest BCUT2D eigenvalue weighted by molar-refractivity contribution is 5.97. The third-order valence-electron chi connectivity index (χ3n) is 2.23. The van der Waals surface area contributed by atoms with Crippen LogP contribution in [0.2, 0.25) is 0 Å². The van der Waals surface area contributed by atoms with Gasteiger partial charge in [0.05, 0.1) is 6.61 Å². The molecule has 0 fully saturated rings. The van der Waals surface area contributed by atoms with E-state index >= 15 is 0 Å². The van der Waals surface area contributed by atoms with E-state index in [2.05, 4.69) is 30.9 Å². The summed E-state index contributed by atoms with van der Waals surface area (Å²) in [6, 6.07) is 3.50. The molecular formula is C12H19N3O2. The Morgan fingerprint density at radius 3 is 2.82 bits per heavy atom. The number of oxime groups is 1. The summed E-state index contributed by atoms with van der Waals surface area (Å²) in [7, 11) is 0. The first-order valence-electron chi connectivity index (χ1n) is 5.50. The molecule has 0 aliphatic heterocycles. The molecule has 1 rings (SSSR count). The van der Waals surface area contributed by atoms with E-state index in [1.807, 2.05) is 0 Å². The van der Waals surface area contributed by atoms with Crippen LogP contribution >= 0.6 is 0 Å². The first-order chi connectivity index (χ1) is 7.94. The molecule has 0 aliphatic rings. The molecule has 1 aromatic rings. The van der Waals surface area contributed by atoms with Crippen LogP contribution in [0.3, 0.4) is 0 Å². The summed E-state index contributed by atoms with van der Waals surface area (Å²) in [6.45, 7) is 7.00. The van der Waals surface area contributed by atoms with Crippen LogP contribution in [0.5, 0.6) is 5.75 Å². The lowest BCUT2D eigenvalue weighted by molar-refractivity contribution is 0.242. The molecule has 17 heavy (non-hydrogen) atoms. The van der Waals surface area contributed by atoms with Crippen LogP contribution in [0, 0.1) is 5.41 Å². The maximum atomic E-state index is 8.63. The molecule has 3 N–H and O–H groups in total. The molecule has 0 radical (unpaired) electrons. The van der Waals surface area contributed by atoms with Crippen molar-refractivity contribution in [1.29, 1.82) is 0 Å². The smallest absolute Gasteiger partial charge is 0.192 e. The monoisotopic (exact) mass is 237 g/mol. The highest BCUT2D eigenvalue weighted by Gasteiger charge is 2.13. The third-order valence-corrected chi connectivity index (χ3v) is 2.23. The van der Waals surface area contributed by atoms with Crippen LogP contribution < -0.4 is 10.5 Å². The zero-order valence-electron chi connectivity index (χ0n) is 10.5. The first-order valence-corrected chi connectivity index (χ1v) is 5.50. The minimum absolute atomic E-state index is 0.0450. The second-order valence-corrected chi connectivity index (χ2v) is 4.99. The molecule has 0 saturated carbocycles. The van der Waals surface area contributed by atoms with Crippen molar-refractivity contribution in [2.45, 2.75) is 27.2 Å². The van der Waals surface area contributed by atoms with Gasteiger partial charge in [-0.15, -0.1) is 0 Å². The second-order valence-electron chi connectivity index (χ2n) is 4.99. The Kier molecular flexibility index (Phi) is 4.31. The van der Waals surface area contributed by atoms with Gasteiger partial charge in [-0.05, 0) is 24.0 Å². The fraction of sp³-hybridized carbons (Fsp3) is 0.500. The van der Waals surface area contributed by atoms with Crippen molar-refractivity contribution >= 4 is 5.84 Å². The van der Waals surface area contributed by atoms with Crippen LogP contribution in [0.15, 0.2) is 23.5 Å². The molecule has 0 aromatic carbocycles. The number of aromatic nitrogens is 1. The molecule has 5 nitrogen and oxygen atoms in total. The molecule has 94 valence electrons. The van der Waals surface area contributed by atoms with Gasteiger partial charge in [0, 0.05) is 6.20 Å². The van der Waals surface area contributed by atoms with E-state index in [9.17, 15) is 0 Å². The number of hydrogen-bond donors (Lipinski definition) is 2. The topological polar surface area (TPSA) is 80.7 Å². The zero-order chi connectivity index (χ0) is 12.9. The van der Waals surface area contributed by atoms with E-state index in [4.69, 9.17) is 15.7 Å². The van der Waals surface area contributed by atoms with Gasteiger partial charge in [0.1, 0.15) is 5.75 Å². The molecule has 5 heteroatoms. The van der Waals surface area contributed by atoms with Gasteiger partial charge in [-0.25, -0.2) is 4.98 Å². The zero-order valence-corrected chi connectivity index (χ0v) is 10.5. The van der Waals surface area contributed by atoms with Crippen LogP contribution in [-0.2, 0) is 0 Å². The van der Waals surface area contributed by atoms with E-state index in [0.29, 0.717) is 18.1 Å². The van der Waals surface area contributed by atoms with Crippen molar-refractivity contribution in [1.82, 2.24) is 4.98 Å². The Balaban J connectivity index is 2.71. The van der Waals surface area contributed by atoms with E-state index < -0.39 is 0 Å². The van der Waals surface area contributed by atoms with E-state index in [1.165, 1.54) is 0 Å². The average molecular weight is 237 g/mol. The fourth-order valence-corrected chi connectivity index (χ4v) is 1.21. The highest BCUT2D eigenvalue weighted by Crippen LogP contribution is 2.20. The number of nitrogens with two attached hydrogens (primary N) is 1. The predicted octanol–water partition coefficient (Wildman–Crippen LogP) is 1.99. The van der Waals surface area contributed by atoms with Crippen molar-refractivity contribution in [3.8, 4) is 5.75 Å². The number of nitrogens with zero attached hydrogens (tertiary/aromatic N) is 2. The number of ether oxygens (including phenoxy) is 1. The Bertz CT molecular complexity index is 397. The lowest BCUT2D eigenvalue weighted by Gasteiger charge is -2.18. The first kappa shape index (κ1) is 13.3.